The van der Waals surface area contributed by atoms with Crippen LogP contribution in [0.1, 0.15) is 16.7 Å². The Morgan fingerprint density at radius 1 is 1.15 bits per heavy atom. The van der Waals surface area contributed by atoms with Crippen LogP contribution in [0, 0.1) is 12.7 Å². The van der Waals surface area contributed by atoms with Gasteiger partial charge in [0.15, 0.2) is 0 Å². The van der Waals surface area contributed by atoms with Crippen molar-refractivity contribution in [2.75, 3.05) is 0 Å². The number of hydrogen-bond acceptors (Lipinski definition) is 2. The molecule has 0 bridgehead atoms. The van der Waals surface area contributed by atoms with Crippen LogP contribution in [0.5, 0.6) is 5.75 Å². The smallest absolute Gasteiger partial charge is 0.307 e. The Morgan fingerprint density at radius 3 is 2.45 bits per heavy atom. The number of benzene rings is 2. The molecule has 0 aliphatic heterocycles. The van der Waals surface area contributed by atoms with Crippen LogP contribution in [0.2, 0.25) is 0 Å². The van der Waals surface area contributed by atoms with Gasteiger partial charge in [0, 0.05) is 6.07 Å². The second-order valence-corrected chi connectivity index (χ2v) is 4.59. The zero-order valence-corrected chi connectivity index (χ0v) is 11.1. The van der Waals surface area contributed by atoms with Gasteiger partial charge in [-0.1, -0.05) is 30.3 Å². The van der Waals surface area contributed by atoms with E-state index in [1.54, 1.807) is 18.2 Å². The minimum atomic E-state index is -0.857. The average Bonchev–Trinajstić information content (AvgIpc) is 2.41. The van der Waals surface area contributed by atoms with Crippen molar-refractivity contribution in [1.29, 1.82) is 0 Å². The standard InChI is InChI=1S/C16H15FO3/c1-11-2-7-14(17)9-15(11)20-10-13-5-3-12(4-6-13)8-16(18)19/h2-7,9H,8,10H2,1H3,(H,18,19). The van der Waals surface area contributed by atoms with E-state index >= 15 is 0 Å². The predicted molar refractivity (Wildman–Crippen MR) is 73.3 cm³/mol. The topological polar surface area (TPSA) is 46.5 Å². The summed E-state index contributed by atoms with van der Waals surface area (Å²) in [4.78, 5) is 10.6. The molecule has 0 saturated carbocycles. The molecule has 0 atom stereocenters. The molecule has 0 radical (unpaired) electrons. The van der Waals surface area contributed by atoms with Gasteiger partial charge in [0.2, 0.25) is 0 Å². The Balaban J connectivity index is 2.00. The quantitative estimate of drug-likeness (QED) is 0.909. The van der Waals surface area contributed by atoms with E-state index in [-0.39, 0.29) is 12.2 Å². The molecule has 0 aliphatic carbocycles. The molecular weight excluding hydrogens is 259 g/mol. The number of aliphatic carboxylic acids is 1. The molecule has 2 aromatic carbocycles. The van der Waals surface area contributed by atoms with Gasteiger partial charge in [-0.2, -0.15) is 0 Å². The lowest BCUT2D eigenvalue weighted by atomic mass is 10.1. The summed E-state index contributed by atoms with van der Waals surface area (Å²) in [6.45, 7) is 2.17. The summed E-state index contributed by atoms with van der Waals surface area (Å²) in [5, 5.41) is 8.68. The van der Waals surface area contributed by atoms with Gasteiger partial charge in [0.25, 0.3) is 0 Å². The van der Waals surface area contributed by atoms with Crippen molar-refractivity contribution in [3.8, 4) is 5.75 Å². The molecule has 0 spiro atoms. The Kier molecular flexibility index (Phi) is 4.35. The number of carboxylic acid groups (broad SMARTS) is 1. The molecule has 104 valence electrons. The van der Waals surface area contributed by atoms with Gasteiger partial charge < -0.3 is 9.84 Å². The van der Waals surface area contributed by atoms with Crippen LogP contribution in [-0.4, -0.2) is 11.1 Å². The highest BCUT2D eigenvalue weighted by molar-refractivity contribution is 5.70. The highest BCUT2D eigenvalue weighted by atomic mass is 19.1. The molecule has 1 N–H and O–H groups in total. The number of rotatable bonds is 5. The van der Waals surface area contributed by atoms with Crippen LogP contribution < -0.4 is 4.74 Å². The molecular formula is C16H15FO3. The first-order valence-electron chi connectivity index (χ1n) is 6.23. The van der Waals surface area contributed by atoms with Crippen LogP contribution >= 0.6 is 0 Å². The fourth-order valence-electron chi connectivity index (χ4n) is 1.82. The predicted octanol–water partition coefficient (Wildman–Crippen LogP) is 3.34. The van der Waals surface area contributed by atoms with E-state index in [0.717, 1.165) is 16.7 Å². The van der Waals surface area contributed by atoms with Crippen molar-refractivity contribution < 1.29 is 19.0 Å². The molecule has 0 aromatic heterocycles. The normalized spacial score (nSPS) is 10.3. The SMILES string of the molecule is Cc1ccc(F)cc1OCc1ccc(CC(=O)O)cc1. The second-order valence-electron chi connectivity index (χ2n) is 4.59. The lowest BCUT2D eigenvalue weighted by Gasteiger charge is -2.09. The maximum Gasteiger partial charge on any atom is 0.307 e. The van der Waals surface area contributed by atoms with Crippen molar-refractivity contribution in [2.45, 2.75) is 20.0 Å². The molecule has 4 heteroatoms. The molecule has 0 amide bonds. The molecule has 0 aliphatic rings. The molecule has 0 unspecified atom stereocenters. The van der Waals surface area contributed by atoms with E-state index in [1.807, 2.05) is 19.1 Å². The van der Waals surface area contributed by atoms with Crippen molar-refractivity contribution in [2.24, 2.45) is 0 Å². The zero-order chi connectivity index (χ0) is 14.5. The lowest BCUT2D eigenvalue weighted by molar-refractivity contribution is -0.136. The number of carboxylic acids is 1. The van der Waals surface area contributed by atoms with Crippen molar-refractivity contribution in [3.05, 3.63) is 65.0 Å². The number of aryl methyl sites for hydroxylation is 1. The minimum Gasteiger partial charge on any atom is -0.489 e. The summed E-state index contributed by atoms with van der Waals surface area (Å²) in [6.07, 6.45) is 0.00411. The first-order valence-corrected chi connectivity index (χ1v) is 6.23. The summed E-state index contributed by atoms with van der Waals surface area (Å²) in [7, 11) is 0. The van der Waals surface area contributed by atoms with Gasteiger partial charge in [-0.25, -0.2) is 4.39 Å². The number of halogens is 1. The van der Waals surface area contributed by atoms with Gasteiger partial charge in [-0.3, -0.25) is 4.79 Å². The third-order valence-electron chi connectivity index (χ3n) is 2.92. The largest absolute Gasteiger partial charge is 0.489 e. The van der Waals surface area contributed by atoms with Crippen LogP contribution in [0.25, 0.3) is 0 Å². The average molecular weight is 274 g/mol. The molecule has 2 rings (SSSR count). The van der Waals surface area contributed by atoms with Gasteiger partial charge in [-0.05, 0) is 29.7 Å². The lowest BCUT2D eigenvalue weighted by Crippen LogP contribution is -2.01. The summed E-state index contributed by atoms with van der Waals surface area (Å²) >= 11 is 0. The van der Waals surface area contributed by atoms with E-state index in [0.29, 0.717) is 12.4 Å². The van der Waals surface area contributed by atoms with Gasteiger partial charge in [-0.15, -0.1) is 0 Å². The molecule has 0 saturated heterocycles. The fraction of sp³-hybridized carbons (Fsp3) is 0.188. The fourth-order valence-corrected chi connectivity index (χ4v) is 1.82. The highest BCUT2D eigenvalue weighted by Crippen LogP contribution is 2.20. The molecule has 0 fully saturated rings. The van der Waals surface area contributed by atoms with E-state index in [2.05, 4.69) is 0 Å². The second kappa shape index (κ2) is 6.19. The van der Waals surface area contributed by atoms with Crippen LogP contribution in [0.15, 0.2) is 42.5 Å². The Hall–Kier alpha value is -2.36. The van der Waals surface area contributed by atoms with E-state index in [4.69, 9.17) is 9.84 Å². The van der Waals surface area contributed by atoms with Gasteiger partial charge in [0.1, 0.15) is 18.2 Å². The monoisotopic (exact) mass is 274 g/mol. The van der Waals surface area contributed by atoms with Gasteiger partial charge in [0.05, 0.1) is 6.42 Å². The minimum absolute atomic E-state index is 0.00411. The van der Waals surface area contributed by atoms with Crippen LogP contribution in [-0.2, 0) is 17.8 Å². The number of hydrogen-bond donors (Lipinski definition) is 1. The van der Waals surface area contributed by atoms with E-state index < -0.39 is 5.97 Å². The van der Waals surface area contributed by atoms with Crippen LogP contribution in [0.4, 0.5) is 4.39 Å². The molecule has 0 heterocycles. The summed E-state index contributed by atoms with van der Waals surface area (Å²) in [5.74, 6) is -0.675. The Labute approximate surface area is 116 Å². The molecule has 2 aromatic rings. The Bertz CT molecular complexity index is 606. The molecule has 20 heavy (non-hydrogen) atoms. The maximum absolute atomic E-state index is 13.1. The third-order valence-corrected chi connectivity index (χ3v) is 2.92. The first-order chi connectivity index (χ1) is 9.54. The first kappa shape index (κ1) is 14.1. The zero-order valence-electron chi connectivity index (χ0n) is 11.1. The summed E-state index contributed by atoms with van der Waals surface area (Å²) < 4.78 is 18.7. The maximum atomic E-state index is 13.1. The molecule has 3 nitrogen and oxygen atoms in total. The van der Waals surface area contributed by atoms with Crippen LogP contribution in [0.3, 0.4) is 0 Å². The number of ether oxygens (including phenoxy) is 1. The van der Waals surface area contributed by atoms with Crippen molar-refractivity contribution in [3.63, 3.8) is 0 Å². The third kappa shape index (κ3) is 3.82. The van der Waals surface area contributed by atoms with Gasteiger partial charge >= 0.3 is 5.97 Å². The van der Waals surface area contributed by atoms with E-state index in [9.17, 15) is 9.18 Å². The van der Waals surface area contributed by atoms with Crippen molar-refractivity contribution >= 4 is 5.97 Å². The highest BCUT2D eigenvalue weighted by Gasteiger charge is 2.03. The summed E-state index contributed by atoms with van der Waals surface area (Å²) in [6, 6.07) is 11.5. The number of carbonyl (C=O) groups is 1. The summed E-state index contributed by atoms with van der Waals surface area (Å²) in [5.41, 5.74) is 2.51. The van der Waals surface area contributed by atoms with E-state index in [1.165, 1.54) is 12.1 Å². The van der Waals surface area contributed by atoms with Crippen molar-refractivity contribution in [1.82, 2.24) is 0 Å². The Morgan fingerprint density at radius 2 is 1.80 bits per heavy atom.